The molecule has 5 aromatic carbocycles. The Morgan fingerprint density at radius 2 is 0.521 bits per heavy atom. The highest BCUT2D eigenvalue weighted by atomic mass is 35.5. The summed E-state index contributed by atoms with van der Waals surface area (Å²) >= 11 is 31.2. The molecule has 10 aliphatic rings. The molecule has 0 unspecified atom stereocenters. The van der Waals surface area contributed by atoms with E-state index >= 15 is 0 Å². The summed E-state index contributed by atoms with van der Waals surface area (Å²) in [6, 6.07) is -45.7. The molecule has 0 spiro atoms. The largest absolute Gasteiger partial charge is 0.368 e. The number of anilines is 5. The second kappa shape index (κ2) is 57.6. The Hall–Kier alpha value is -7.30. The molecule has 140 heavy (non-hydrogen) atoms. The summed E-state index contributed by atoms with van der Waals surface area (Å²) in [5.74, 6) is -23.9. The molecule has 5 aromatic rings. The summed E-state index contributed by atoms with van der Waals surface area (Å²) in [5, 5.41) is 0.188. The van der Waals surface area contributed by atoms with Crippen molar-refractivity contribution in [3.05, 3.63) is 144 Å². The lowest BCUT2D eigenvalue weighted by molar-refractivity contribution is 0.194. The zero-order valence-corrected chi connectivity index (χ0v) is 77.8. The number of carbonyl (C=O) groups is 5. The van der Waals surface area contributed by atoms with Crippen molar-refractivity contribution >= 4 is 117 Å². The Kier molecular flexibility index (Phi) is 12.4. The number of nitrogens with one attached hydrogen (secondary N) is 5. The van der Waals surface area contributed by atoms with Crippen LogP contribution in [0.4, 0.5) is 52.4 Å². The molecular formula is C110H175Cl5N20O5. The summed E-state index contributed by atoms with van der Waals surface area (Å²) in [4.78, 5) is 57.2. The van der Waals surface area contributed by atoms with E-state index in [-0.39, 0.29) is 46.1 Å². The fraction of sp³-hybridized carbons (Fsp3) is 0.682. The third-order valence-electron chi connectivity index (χ3n) is 16.4. The molecule has 780 valence electrons. The summed E-state index contributed by atoms with van der Waals surface area (Å²) in [6.07, 6.45) is -114. The minimum Gasteiger partial charge on any atom is -0.368 e. The van der Waals surface area contributed by atoms with Crippen molar-refractivity contribution in [3.63, 3.8) is 0 Å². The maximum atomic E-state index is 13.0. The van der Waals surface area contributed by atoms with Crippen LogP contribution >= 0.6 is 58.0 Å². The number of amides is 10. The summed E-state index contributed by atoms with van der Waals surface area (Å²) in [6.45, 7) is -115. The van der Waals surface area contributed by atoms with Gasteiger partial charge in [0.05, 0.1) is 108 Å². The van der Waals surface area contributed by atoms with Crippen molar-refractivity contribution in [1.29, 1.82) is 0 Å². The first-order valence-electron chi connectivity index (χ1n) is 106. The molecule has 0 atom stereocenters. The first-order chi connectivity index (χ1) is 119. The van der Waals surface area contributed by atoms with E-state index in [2.05, 4.69) is 0 Å². The lowest BCUT2D eigenvalue weighted by atomic mass is 9.84. The van der Waals surface area contributed by atoms with Crippen molar-refractivity contribution in [2.45, 2.75) is 224 Å². The maximum absolute atomic E-state index is 13.0. The molecule has 5 N–H and O–H groups in total. The van der Waals surface area contributed by atoms with E-state index in [1.165, 1.54) is 21.3 Å². The van der Waals surface area contributed by atoms with Gasteiger partial charge in [0.25, 0.3) is 0 Å². The minimum absolute atomic E-state index is 0.127. The highest BCUT2D eigenvalue weighted by molar-refractivity contribution is 6.35. The number of urea groups is 5. The standard InChI is InChI=1S/5C22H35ClN4O/c5*1-17-5-4-6-20(21(17)23)27-15-13-26(14-16-27)12-11-18-7-9-19(10-8-18)24-22(28)25(2)3/h5*4-6,18-19H,7-16H2,1-3H3,(H,24,28)/i2*2D3,4D,5D,6D,7D2,8D2,9D2,10D2,11D2,12D2,13D2,14D2,15D2,16D2,18D,19D;4D,5D,6D,7D2,8D2,9D2,10D2,11D2,12D2,13D2,14D2,15D2,16D2,18D,19D;2D3,4D,5D,6D,7D2,8D2,9D2,10D2,12D2,13D2,14D2,15D2,16D2,18D,19D;2D3,4D,5D,6D,7D2,8D2,9D2,10D2,11D2,13D2,14D2,15D2,16D2,18D,19D/hD. The molecule has 10 amide bonds. The number of piperazine rings is 5. The number of carbonyl (C=O) groups excluding carboxylic acids is 5. The first-order valence-corrected chi connectivity index (χ1v) is 40.6. The second-order valence-corrected chi connectivity index (χ2v) is 28.8. The van der Waals surface area contributed by atoms with Gasteiger partial charge in [-0.15, -0.1) is 0 Å². The van der Waals surface area contributed by atoms with E-state index in [1.807, 2.05) is 0 Å². The van der Waals surface area contributed by atoms with Gasteiger partial charge >= 0.3 is 30.2 Å². The fourth-order valence-corrected chi connectivity index (χ4v) is 10.1. The second-order valence-electron chi connectivity index (χ2n) is 26.9. The van der Waals surface area contributed by atoms with E-state index in [4.69, 9.17) is 242 Å². The Labute approximate surface area is 1060 Å². The molecule has 5 saturated heterocycles. The first kappa shape index (κ1) is 30.1. The molecular weight excluding hydrogens is 1860 g/mol. The molecule has 10 fully saturated rings. The quantitative estimate of drug-likeness (QED) is 0.0370. The number of hydrogen-bond donors (Lipinski definition) is 5. The van der Waals surface area contributed by atoms with Gasteiger partial charge in [0.1, 0.15) is 0 Å². The zero-order valence-electron chi connectivity index (χ0n) is 208. The van der Waals surface area contributed by atoms with Crippen molar-refractivity contribution in [2.24, 2.45) is 29.5 Å². The summed E-state index contributed by atoms with van der Waals surface area (Å²) in [5.41, 5.74) is -7.77. The van der Waals surface area contributed by atoms with Gasteiger partial charge in [-0.05, 0) is 314 Å². The number of halogens is 5. The Bertz CT molecular complexity index is 11200. The van der Waals surface area contributed by atoms with Gasteiger partial charge in [-0.1, -0.05) is 118 Å². The Balaban J connectivity index is 0.000000307. The van der Waals surface area contributed by atoms with Crippen LogP contribution in [0.2, 0.25) is 26.5 Å². The topological polar surface area (TPSA) is 194 Å². The molecule has 0 radical (unpaired) electrons. The van der Waals surface area contributed by atoms with E-state index in [1.54, 1.807) is 0 Å². The lowest BCUT2D eigenvalue weighted by Gasteiger charge is -2.37. The molecule has 15 rings (SSSR count). The van der Waals surface area contributed by atoms with Crippen LogP contribution in [-0.4, -0.2) is 342 Å². The van der Waals surface area contributed by atoms with Crippen molar-refractivity contribution in [1.82, 2.24) is 75.6 Å². The van der Waals surface area contributed by atoms with Gasteiger partial charge in [-0.2, -0.15) is 0 Å². The maximum Gasteiger partial charge on any atom is 0.317 e. The van der Waals surface area contributed by atoms with Crippen LogP contribution in [0.15, 0.2) is 90.6 Å². The van der Waals surface area contributed by atoms with Crippen molar-refractivity contribution < 1.29 is 208 Å². The van der Waals surface area contributed by atoms with Crippen LogP contribution in [0.25, 0.3) is 0 Å². The molecule has 5 heterocycles. The van der Waals surface area contributed by atoms with E-state index in [9.17, 15) is 24.0 Å². The smallest absolute Gasteiger partial charge is 0.317 e. The van der Waals surface area contributed by atoms with Gasteiger partial charge in [-0.3, -0.25) is 24.5 Å². The molecule has 30 heteroatoms. The molecule has 5 aliphatic carbocycles. The zero-order chi connectivity index (χ0) is 220. The molecule has 25 nitrogen and oxygen atoms in total. The van der Waals surface area contributed by atoms with Gasteiger partial charge < -0.3 is 75.6 Å². The average molecular weight is 2170 g/mol. The summed E-state index contributed by atoms with van der Waals surface area (Å²) in [7, 11) is 4.22. The Morgan fingerprint density at radius 1 is 0.307 bits per heavy atom. The minimum atomic E-state index is -5.16. The van der Waals surface area contributed by atoms with Gasteiger partial charge in [-0.25, -0.2) is 24.0 Å². The van der Waals surface area contributed by atoms with Crippen molar-refractivity contribution in [2.75, 3.05) is 257 Å². The monoisotopic (exact) mass is 2170 g/mol. The van der Waals surface area contributed by atoms with Crippen LogP contribution in [0, 0.1) is 64.1 Å². The van der Waals surface area contributed by atoms with Crippen LogP contribution in [0.1, 0.15) is 369 Å². The fourth-order valence-electron chi connectivity index (χ4n) is 9.18. The Morgan fingerprint density at radius 3 is 0.771 bits per heavy atom. The third-order valence-corrected chi connectivity index (χ3v) is 18.7. The number of nitrogens with zero attached hydrogens (tertiary/aromatic N) is 15. The SMILES string of the molecule is [2H]c1c([2H])c(C)c(Cl)c(N2C([2H])([2H])C([2H])([2H])N(C([2H])([2H])C([2H])([2H])C3([2H])C([2H])([2H])C([2H])([2H])C([2H])(N([2H])C(=O)N(C)C([2H])([2H])[2H])C([2H])([2H])C3([2H])[2H])C([2H])([2H])C2([2H])[2H])c1[2H].[2H]c1c([2H])c(C)c(Cl)c(N2C([2H])([2H])C([2H])([2H])N(C([2H])([2H])C([2H])([2H])C3([2H])C([2H])([2H])C([2H])([2H])C([2H])(NC(=O)N(C)C([2H])([2H])[2H])C([2H])([2H])C3([2H])[2H])C([2H])([2H])C2([2H])[2H])c1[2H].[2H]c1c([2H])c(C)c(Cl)c(N2C([2H])([2H])C([2H])([2H])N(C([2H])([2H])C([2H])([2H])C3([2H])C([2H])([2H])C([2H])([2H])C([2H])(NC(=O)N(C)C)C([2H])([2H])C3([2H])[2H])C([2H])([2H])C2([2H])[2H])c1[2H].[2H]c1c([2H])c(C)c(Cl)c(N2C([2H])([2H])C([2H])([2H])N(C([2H])([2H])CC3([2H])C([2H])([2H])C([2H])([2H])C([2H])(NC(=O)N(C)C([2H])([2H])[2H])C([2H])([2H])C3([2H])[2H])C([2H])([2H])C2([2H])[2H])c1[2H].[2H]c1c([2H])c(C)c(Cl)c(N2C([2H])([2H])C([2H])([2H])N(CC([2H])([2H])C3([2H])C([2H])([2H])C([2H])([2H])C([2H])(NC(=O)N(C)C([2H])([2H])[2H])C([2H])([2H])C3([2H])[2H])C([2H])([2H])C2([2H])[2H])c1[2H]. The van der Waals surface area contributed by atoms with Crippen LogP contribution in [-0.2, 0) is 0 Å². The lowest BCUT2D eigenvalue weighted by Crippen LogP contribution is -2.47. The van der Waals surface area contributed by atoms with Crippen molar-refractivity contribution in [3.8, 4) is 0 Å². The number of benzene rings is 5. The number of hydrogen-bond acceptors (Lipinski definition) is 15. The van der Waals surface area contributed by atoms with E-state index in [0.29, 0.717) is 33.1 Å². The van der Waals surface area contributed by atoms with Crippen LogP contribution < -0.4 is 51.1 Å². The molecule has 5 saturated carbocycles. The van der Waals surface area contributed by atoms with E-state index < -0.39 is 639 Å². The highest BCUT2D eigenvalue weighted by Gasteiger charge is 2.33. The molecule has 0 aromatic heterocycles. The van der Waals surface area contributed by atoms with Gasteiger partial charge in [0.15, 0.2) is 1.41 Å². The predicted molar refractivity (Wildman–Crippen MR) is 587 cm³/mol. The molecule has 5 aliphatic heterocycles. The average Bonchev–Trinajstić information content (AvgIpc) is 0.628. The summed E-state index contributed by atoms with van der Waals surface area (Å²) < 4.78 is 1140. The highest BCUT2D eigenvalue weighted by Crippen LogP contribution is 2.39. The number of rotatable bonds is 25. The van der Waals surface area contributed by atoms with Crippen LogP contribution in [0.3, 0.4) is 0 Å². The molecule has 0 bridgehead atoms. The van der Waals surface area contributed by atoms with Gasteiger partial charge in [0, 0.05) is 358 Å². The normalized spacial score (nSPS) is 58.4. The van der Waals surface area contributed by atoms with Crippen LogP contribution in [0.5, 0.6) is 0 Å². The van der Waals surface area contributed by atoms with E-state index in [0.717, 1.165) is 48.7 Å². The van der Waals surface area contributed by atoms with Gasteiger partial charge in [0.2, 0.25) is 0 Å². The third kappa shape index (κ3) is 35.8. The predicted octanol–water partition coefficient (Wildman–Crippen LogP) is 20.0.